The lowest BCUT2D eigenvalue weighted by Crippen LogP contribution is -2.60. The highest BCUT2D eigenvalue weighted by Gasteiger charge is 2.44. The molecule has 7 heteroatoms. The molecule has 2 aliphatic heterocycles. The van der Waals surface area contributed by atoms with Gasteiger partial charge in [0.1, 0.15) is 18.4 Å². The van der Waals surface area contributed by atoms with Crippen molar-refractivity contribution in [3.8, 4) is 0 Å². The average Bonchev–Trinajstić information content (AvgIpc) is 2.62. The van der Waals surface area contributed by atoms with Gasteiger partial charge in [0.25, 0.3) is 0 Å². The summed E-state index contributed by atoms with van der Waals surface area (Å²) in [7, 11) is 0. The molecule has 3 atom stereocenters. The second kappa shape index (κ2) is 7.76. The van der Waals surface area contributed by atoms with Crippen LogP contribution in [0.15, 0.2) is 30.3 Å². The van der Waals surface area contributed by atoms with Gasteiger partial charge in [0, 0.05) is 25.6 Å². The van der Waals surface area contributed by atoms with Crippen LogP contribution >= 0.6 is 0 Å². The number of hydrogen-bond donors (Lipinski definition) is 1. The zero-order valence-corrected chi connectivity index (χ0v) is 16.1. The van der Waals surface area contributed by atoms with Crippen LogP contribution < -0.4 is 0 Å². The molecule has 0 aromatic heterocycles. The third kappa shape index (κ3) is 4.91. The summed E-state index contributed by atoms with van der Waals surface area (Å²) in [4.78, 5) is 27.8. The Balaban J connectivity index is 1.57. The molecule has 2 heterocycles. The number of ether oxygens (including phenoxy) is 2. The molecule has 1 aromatic carbocycles. The summed E-state index contributed by atoms with van der Waals surface area (Å²) in [6.45, 7) is 6.86. The highest BCUT2D eigenvalue weighted by Crippen LogP contribution is 2.33. The maximum Gasteiger partial charge on any atom is 0.412 e. The Hall–Kier alpha value is -2.28. The second-order valence-electron chi connectivity index (χ2n) is 8.35. The van der Waals surface area contributed by atoms with Crippen molar-refractivity contribution in [2.45, 2.75) is 45.6 Å². The fourth-order valence-electron chi connectivity index (χ4n) is 3.70. The van der Waals surface area contributed by atoms with E-state index in [0.29, 0.717) is 19.6 Å². The van der Waals surface area contributed by atoms with Crippen LogP contribution in [0.25, 0.3) is 0 Å². The molecule has 27 heavy (non-hydrogen) atoms. The maximum absolute atomic E-state index is 12.4. The van der Waals surface area contributed by atoms with Crippen molar-refractivity contribution in [2.75, 3.05) is 19.6 Å². The quantitative estimate of drug-likeness (QED) is 0.859. The van der Waals surface area contributed by atoms with Gasteiger partial charge in [-0.3, -0.25) is 4.90 Å². The van der Waals surface area contributed by atoms with E-state index < -0.39 is 17.9 Å². The van der Waals surface area contributed by atoms with Gasteiger partial charge in [-0.2, -0.15) is 0 Å². The molecule has 148 valence electrons. The lowest BCUT2D eigenvalue weighted by molar-refractivity contribution is -0.109. The summed E-state index contributed by atoms with van der Waals surface area (Å²) in [6, 6.07) is 9.52. The molecule has 1 aromatic rings. The molecule has 1 N–H and O–H groups in total. The van der Waals surface area contributed by atoms with Crippen LogP contribution in [0.2, 0.25) is 0 Å². The number of amides is 2. The van der Waals surface area contributed by atoms with Crippen LogP contribution in [0.1, 0.15) is 32.8 Å². The predicted octanol–water partition coefficient (Wildman–Crippen LogP) is 2.83. The normalized spacial score (nSPS) is 25.1. The van der Waals surface area contributed by atoms with Crippen molar-refractivity contribution in [3.63, 3.8) is 0 Å². The van der Waals surface area contributed by atoms with Crippen LogP contribution in [-0.4, -0.2) is 58.6 Å². The molecule has 2 bridgehead atoms. The molecule has 2 aliphatic rings. The van der Waals surface area contributed by atoms with Crippen molar-refractivity contribution in [2.24, 2.45) is 11.8 Å². The number of nitrogens with zero attached hydrogens (tertiary/aromatic N) is 2. The van der Waals surface area contributed by atoms with Crippen LogP contribution in [0.5, 0.6) is 0 Å². The predicted molar refractivity (Wildman–Crippen MR) is 98.7 cm³/mol. The molecule has 2 saturated heterocycles. The monoisotopic (exact) mass is 376 g/mol. The van der Waals surface area contributed by atoms with Crippen LogP contribution in [0.3, 0.4) is 0 Å². The first-order chi connectivity index (χ1) is 12.7. The minimum atomic E-state index is -0.958. The molecule has 0 radical (unpaired) electrons. The number of piperidine rings is 2. The fourth-order valence-corrected chi connectivity index (χ4v) is 3.70. The first kappa shape index (κ1) is 19.5. The number of benzene rings is 1. The topological polar surface area (TPSA) is 79.3 Å². The van der Waals surface area contributed by atoms with Gasteiger partial charge in [0.05, 0.1) is 0 Å². The smallest absolute Gasteiger partial charge is 0.412 e. The third-order valence-corrected chi connectivity index (χ3v) is 4.86. The fraction of sp³-hybridized carbons (Fsp3) is 0.600. The number of carbonyl (C=O) groups excluding carboxylic acids is 2. The van der Waals surface area contributed by atoms with Gasteiger partial charge in [-0.1, -0.05) is 30.3 Å². The van der Waals surface area contributed by atoms with Crippen molar-refractivity contribution in [3.05, 3.63) is 35.9 Å². The third-order valence-electron chi connectivity index (χ3n) is 4.86. The van der Waals surface area contributed by atoms with Crippen molar-refractivity contribution in [1.29, 1.82) is 0 Å². The molecule has 2 fully saturated rings. The van der Waals surface area contributed by atoms with E-state index in [0.717, 1.165) is 12.0 Å². The van der Waals surface area contributed by atoms with Crippen LogP contribution in [0.4, 0.5) is 9.59 Å². The van der Waals surface area contributed by atoms with E-state index >= 15 is 0 Å². The van der Waals surface area contributed by atoms with E-state index in [1.54, 1.807) is 25.7 Å². The highest BCUT2D eigenvalue weighted by atomic mass is 16.6. The largest absolute Gasteiger partial charge is 0.445 e. The number of aliphatic hydroxyl groups excluding tert-OH is 1. The van der Waals surface area contributed by atoms with Gasteiger partial charge >= 0.3 is 12.2 Å². The van der Waals surface area contributed by atoms with Gasteiger partial charge < -0.3 is 19.5 Å². The van der Waals surface area contributed by atoms with E-state index in [4.69, 9.17) is 9.47 Å². The minimum Gasteiger partial charge on any atom is -0.445 e. The Labute approximate surface area is 159 Å². The maximum atomic E-state index is 12.4. The second-order valence-corrected chi connectivity index (χ2v) is 8.35. The molecule has 3 rings (SSSR count). The van der Waals surface area contributed by atoms with Crippen molar-refractivity contribution < 1.29 is 24.2 Å². The van der Waals surface area contributed by atoms with E-state index in [1.165, 1.54) is 4.90 Å². The van der Waals surface area contributed by atoms with Crippen molar-refractivity contribution in [1.82, 2.24) is 9.80 Å². The summed E-state index contributed by atoms with van der Waals surface area (Å²) >= 11 is 0. The number of hydrogen-bond acceptors (Lipinski definition) is 5. The van der Waals surface area contributed by atoms with E-state index in [1.807, 2.05) is 30.3 Å². The summed E-state index contributed by atoms with van der Waals surface area (Å²) in [6.07, 6.45) is -1.07. The van der Waals surface area contributed by atoms with Crippen LogP contribution in [-0.2, 0) is 16.1 Å². The Kier molecular flexibility index (Phi) is 5.60. The van der Waals surface area contributed by atoms with Gasteiger partial charge in [0.15, 0.2) is 0 Å². The molecule has 2 amide bonds. The molecule has 0 spiro atoms. The summed E-state index contributed by atoms with van der Waals surface area (Å²) in [5.74, 6) is -0.0989. The lowest BCUT2D eigenvalue weighted by atomic mass is 9.83. The Bertz CT molecular complexity index is 673. The minimum absolute atomic E-state index is 0.101. The number of fused-ring (bicyclic) bond motifs is 2. The lowest BCUT2D eigenvalue weighted by Gasteiger charge is -2.48. The number of rotatable bonds is 2. The Morgan fingerprint density at radius 3 is 2.48 bits per heavy atom. The average molecular weight is 376 g/mol. The van der Waals surface area contributed by atoms with Gasteiger partial charge in [0.2, 0.25) is 0 Å². The van der Waals surface area contributed by atoms with Crippen molar-refractivity contribution >= 4 is 12.2 Å². The molecule has 0 saturated carbocycles. The first-order valence-electron chi connectivity index (χ1n) is 9.36. The number of aliphatic hydroxyl groups is 1. The number of carbonyl (C=O) groups is 2. The summed E-state index contributed by atoms with van der Waals surface area (Å²) < 4.78 is 10.8. The Morgan fingerprint density at radius 2 is 1.81 bits per heavy atom. The van der Waals surface area contributed by atoms with Crippen LogP contribution in [0, 0.1) is 11.8 Å². The SMILES string of the molecule is CC(C)(C)OC(=O)N1C[C@H]2C[C@H](CN(C(=O)OCc3ccccc3)C2)C1O. The highest BCUT2D eigenvalue weighted by molar-refractivity contribution is 5.69. The molecular formula is C20H28N2O5. The number of likely N-dealkylation sites (tertiary alicyclic amines) is 2. The summed E-state index contributed by atoms with van der Waals surface area (Å²) in [5.41, 5.74) is 0.315. The zero-order valence-electron chi connectivity index (χ0n) is 16.1. The van der Waals surface area contributed by atoms with E-state index in [9.17, 15) is 14.7 Å². The molecular weight excluding hydrogens is 348 g/mol. The first-order valence-corrected chi connectivity index (χ1v) is 9.36. The van der Waals surface area contributed by atoms with E-state index in [-0.39, 0.29) is 24.5 Å². The molecule has 0 aliphatic carbocycles. The molecule has 7 nitrogen and oxygen atoms in total. The molecule has 1 unspecified atom stereocenters. The summed E-state index contributed by atoms with van der Waals surface area (Å²) in [5, 5.41) is 10.6. The van der Waals surface area contributed by atoms with Gasteiger partial charge in [-0.25, -0.2) is 9.59 Å². The van der Waals surface area contributed by atoms with Gasteiger partial charge in [-0.15, -0.1) is 0 Å². The zero-order chi connectivity index (χ0) is 19.6. The Morgan fingerprint density at radius 1 is 1.11 bits per heavy atom. The van der Waals surface area contributed by atoms with Gasteiger partial charge in [-0.05, 0) is 38.7 Å². The van der Waals surface area contributed by atoms with E-state index in [2.05, 4.69) is 0 Å². The standard InChI is InChI=1S/C20H28N2O5/c1-20(2,3)27-19(25)22-11-15-9-16(17(22)23)12-21(10-15)18(24)26-13-14-7-5-4-6-8-14/h4-8,15-17,23H,9-13H2,1-3H3/t15-,16+,17?/m0/s1.